The van der Waals surface area contributed by atoms with Crippen molar-refractivity contribution in [2.45, 2.75) is 31.9 Å². The van der Waals surface area contributed by atoms with Gasteiger partial charge in [0.05, 0.1) is 19.3 Å². The summed E-state index contributed by atoms with van der Waals surface area (Å²) in [5, 5.41) is 2.94. The van der Waals surface area contributed by atoms with Gasteiger partial charge in [0.2, 0.25) is 5.91 Å². The highest BCUT2D eigenvalue weighted by Crippen LogP contribution is 2.18. The molecule has 1 amide bonds. The van der Waals surface area contributed by atoms with E-state index in [4.69, 9.17) is 9.47 Å². The van der Waals surface area contributed by atoms with Gasteiger partial charge in [0.15, 0.2) is 0 Å². The molecular formula is C16H21NO3. The predicted molar refractivity (Wildman–Crippen MR) is 78.6 cm³/mol. The van der Waals surface area contributed by atoms with Crippen molar-refractivity contribution >= 4 is 12.0 Å². The molecule has 1 fully saturated rings. The number of hydrogen-bond donors (Lipinski definition) is 1. The maximum absolute atomic E-state index is 11.9. The van der Waals surface area contributed by atoms with Crippen LogP contribution in [0, 0.1) is 0 Å². The lowest BCUT2D eigenvalue weighted by atomic mass is 10.1. The first-order chi connectivity index (χ1) is 9.70. The number of amides is 1. The van der Waals surface area contributed by atoms with Gasteiger partial charge in [0, 0.05) is 18.2 Å². The van der Waals surface area contributed by atoms with Crippen LogP contribution in [-0.2, 0) is 9.53 Å². The van der Waals surface area contributed by atoms with E-state index in [0.717, 1.165) is 30.8 Å². The first kappa shape index (κ1) is 14.6. The van der Waals surface area contributed by atoms with Gasteiger partial charge in [-0.3, -0.25) is 4.79 Å². The Morgan fingerprint density at radius 1 is 1.50 bits per heavy atom. The fraction of sp³-hybridized carbons (Fsp3) is 0.438. The largest absolute Gasteiger partial charge is 0.496 e. The summed E-state index contributed by atoms with van der Waals surface area (Å²) in [6.45, 7) is 2.77. The molecule has 1 N–H and O–H groups in total. The van der Waals surface area contributed by atoms with Crippen molar-refractivity contribution in [2.24, 2.45) is 0 Å². The minimum atomic E-state index is -0.112. The smallest absolute Gasteiger partial charge is 0.244 e. The van der Waals surface area contributed by atoms with Gasteiger partial charge in [0.1, 0.15) is 5.75 Å². The highest BCUT2D eigenvalue weighted by atomic mass is 16.5. The van der Waals surface area contributed by atoms with E-state index in [1.807, 2.05) is 31.2 Å². The lowest BCUT2D eigenvalue weighted by Gasteiger charge is -2.18. The van der Waals surface area contributed by atoms with Gasteiger partial charge in [-0.25, -0.2) is 0 Å². The van der Waals surface area contributed by atoms with Crippen molar-refractivity contribution < 1.29 is 14.3 Å². The Balaban J connectivity index is 1.91. The summed E-state index contributed by atoms with van der Waals surface area (Å²) >= 11 is 0. The average Bonchev–Trinajstić information content (AvgIpc) is 2.99. The predicted octanol–water partition coefficient (Wildman–Crippen LogP) is 2.39. The minimum Gasteiger partial charge on any atom is -0.496 e. The molecule has 1 aliphatic rings. The third-order valence-electron chi connectivity index (χ3n) is 3.45. The van der Waals surface area contributed by atoms with Gasteiger partial charge in [-0.2, -0.15) is 0 Å². The second-order valence-electron chi connectivity index (χ2n) is 4.92. The first-order valence-electron chi connectivity index (χ1n) is 6.94. The van der Waals surface area contributed by atoms with Crippen LogP contribution in [0.5, 0.6) is 5.75 Å². The second kappa shape index (κ2) is 7.10. The number of methoxy groups -OCH3 is 1. The van der Waals surface area contributed by atoms with E-state index >= 15 is 0 Å². The maximum atomic E-state index is 11.9. The molecule has 2 rings (SSSR count). The molecule has 2 atom stereocenters. The minimum absolute atomic E-state index is 0.0346. The molecule has 0 radical (unpaired) electrons. The summed E-state index contributed by atoms with van der Waals surface area (Å²) in [5.41, 5.74) is 0.884. The van der Waals surface area contributed by atoms with E-state index in [9.17, 15) is 4.79 Å². The molecule has 108 valence electrons. The van der Waals surface area contributed by atoms with E-state index in [2.05, 4.69) is 5.32 Å². The molecule has 0 aromatic heterocycles. The van der Waals surface area contributed by atoms with Gasteiger partial charge in [-0.15, -0.1) is 0 Å². The monoisotopic (exact) mass is 275 g/mol. The van der Waals surface area contributed by atoms with Crippen molar-refractivity contribution in [1.82, 2.24) is 5.32 Å². The summed E-state index contributed by atoms with van der Waals surface area (Å²) in [4.78, 5) is 11.9. The van der Waals surface area contributed by atoms with Gasteiger partial charge in [0.25, 0.3) is 0 Å². The number of carbonyl (C=O) groups excluding carboxylic acids is 1. The summed E-state index contributed by atoms with van der Waals surface area (Å²) in [6, 6.07) is 7.62. The van der Waals surface area contributed by atoms with E-state index in [0.29, 0.717) is 0 Å². The zero-order valence-corrected chi connectivity index (χ0v) is 12.0. The lowest BCUT2D eigenvalue weighted by Crippen LogP contribution is -2.40. The number of benzene rings is 1. The Morgan fingerprint density at radius 2 is 2.30 bits per heavy atom. The SMILES string of the molecule is COc1ccccc1/C=C/C(=O)NC(C)C1CCCO1. The summed E-state index contributed by atoms with van der Waals surface area (Å²) in [7, 11) is 1.62. The Kier molecular flexibility index (Phi) is 5.18. The van der Waals surface area contributed by atoms with E-state index in [1.165, 1.54) is 6.08 Å². The Morgan fingerprint density at radius 3 is 3.00 bits per heavy atom. The molecule has 4 heteroatoms. The molecular weight excluding hydrogens is 254 g/mol. The van der Waals surface area contributed by atoms with E-state index in [-0.39, 0.29) is 18.1 Å². The molecule has 1 aliphatic heterocycles. The van der Waals surface area contributed by atoms with Crippen LogP contribution in [-0.4, -0.2) is 31.8 Å². The number of ether oxygens (including phenoxy) is 2. The molecule has 0 bridgehead atoms. The number of carbonyl (C=O) groups is 1. The van der Waals surface area contributed by atoms with Crippen molar-refractivity contribution in [2.75, 3.05) is 13.7 Å². The van der Waals surface area contributed by atoms with E-state index in [1.54, 1.807) is 13.2 Å². The molecule has 2 unspecified atom stereocenters. The quantitative estimate of drug-likeness (QED) is 0.839. The van der Waals surface area contributed by atoms with Crippen LogP contribution in [0.15, 0.2) is 30.3 Å². The van der Waals surface area contributed by atoms with Crippen molar-refractivity contribution in [3.05, 3.63) is 35.9 Å². The Bertz CT molecular complexity index is 478. The fourth-order valence-electron chi connectivity index (χ4n) is 2.33. The van der Waals surface area contributed by atoms with Crippen molar-refractivity contribution in [1.29, 1.82) is 0 Å². The van der Waals surface area contributed by atoms with E-state index < -0.39 is 0 Å². The number of rotatable bonds is 5. The summed E-state index contributed by atoms with van der Waals surface area (Å²) in [6.07, 6.45) is 5.51. The topological polar surface area (TPSA) is 47.6 Å². The van der Waals surface area contributed by atoms with Crippen LogP contribution >= 0.6 is 0 Å². The highest BCUT2D eigenvalue weighted by molar-refractivity contribution is 5.92. The molecule has 1 saturated heterocycles. The van der Waals surface area contributed by atoms with Crippen LogP contribution in [0.2, 0.25) is 0 Å². The van der Waals surface area contributed by atoms with Crippen LogP contribution in [0.4, 0.5) is 0 Å². The second-order valence-corrected chi connectivity index (χ2v) is 4.92. The molecule has 1 heterocycles. The molecule has 1 aromatic carbocycles. The van der Waals surface area contributed by atoms with Gasteiger partial charge < -0.3 is 14.8 Å². The van der Waals surface area contributed by atoms with Gasteiger partial charge >= 0.3 is 0 Å². The number of hydrogen-bond acceptors (Lipinski definition) is 3. The molecule has 0 saturated carbocycles. The third-order valence-corrected chi connectivity index (χ3v) is 3.45. The van der Waals surface area contributed by atoms with Gasteiger partial charge in [-0.05, 0) is 31.9 Å². The third kappa shape index (κ3) is 3.84. The van der Waals surface area contributed by atoms with Crippen LogP contribution < -0.4 is 10.1 Å². The average molecular weight is 275 g/mol. The Labute approximate surface area is 119 Å². The van der Waals surface area contributed by atoms with Gasteiger partial charge in [-0.1, -0.05) is 18.2 Å². The highest BCUT2D eigenvalue weighted by Gasteiger charge is 2.22. The van der Waals surface area contributed by atoms with Crippen molar-refractivity contribution in [3.63, 3.8) is 0 Å². The zero-order valence-electron chi connectivity index (χ0n) is 12.0. The van der Waals surface area contributed by atoms with Crippen LogP contribution in [0.1, 0.15) is 25.3 Å². The first-order valence-corrected chi connectivity index (χ1v) is 6.94. The van der Waals surface area contributed by atoms with Crippen molar-refractivity contribution in [3.8, 4) is 5.75 Å². The molecule has 20 heavy (non-hydrogen) atoms. The van der Waals surface area contributed by atoms with Crippen LogP contribution in [0.25, 0.3) is 6.08 Å². The summed E-state index contributed by atoms with van der Waals surface area (Å²) in [5.74, 6) is 0.641. The van der Waals surface area contributed by atoms with Crippen LogP contribution in [0.3, 0.4) is 0 Å². The normalized spacial score (nSPS) is 20.0. The summed E-state index contributed by atoms with van der Waals surface area (Å²) < 4.78 is 10.8. The molecule has 4 nitrogen and oxygen atoms in total. The standard InChI is InChI=1S/C16H21NO3/c1-12(14-8-5-11-20-14)17-16(18)10-9-13-6-3-4-7-15(13)19-2/h3-4,6-7,9-10,12,14H,5,8,11H2,1-2H3,(H,17,18)/b10-9+. The lowest BCUT2D eigenvalue weighted by molar-refractivity contribution is -0.117. The number of nitrogens with one attached hydrogen (secondary N) is 1. The Hall–Kier alpha value is -1.81. The zero-order chi connectivity index (χ0) is 14.4. The maximum Gasteiger partial charge on any atom is 0.244 e. The molecule has 0 spiro atoms. The number of para-hydroxylation sites is 1. The molecule has 0 aliphatic carbocycles. The fourth-order valence-corrected chi connectivity index (χ4v) is 2.33. The molecule has 1 aromatic rings.